The molecular formula is C26H29ClN2O5. The third-order valence-electron chi connectivity index (χ3n) is 5.99. The van der Waals surface area contributed by atoms with Crippen molar-refractivity contribution in [1.29, 1.82) is 0 Å². The van der Waals surface area contributed by atoms with Gasteiger partial charge >= 0.3 is 0 Å². The molecule has 0 saturated carbocycles. The molecule has 2 heterocycles. The Morgan fingerprint density at radius 3 is 2.32 bits per heavy atom. The molecule has 1 atom stereocenters. The fraction of sp³-hybridized carbons (Fsp3) is 0.385. The Morgan fingerprint density at radius 2 is 1.71 bits per heavy atom. The van der Waals surface area contributed by atoms with E-state index in [9.17, 15) is 14.7 Å². The second kappa shape index (κ2) is 10.6. The Morgan fingerprint density at radius 1 is 1.06 bits per heavy atom. The first kappa shape index (κ1) is 24.3. The van der Waals surface area contributed by atoms with Crippen molar-refractivity contribution >= 4 is 29.1 Å². The number of benzene rings is 2. The van der Waals surface area contributed by atoms with E-state index in [-0.39, 0.29) is 17.4 Å². The van der Waals surface area contributed by atoms with Crippen LogP contribution < -0.4 is 4.74 Å². The van der Waals surface area contributed by atoms with E-state index in [0.717, 1.165) is 13.1 Å². The largest absolute Gasteiger partial charge is 0.507 e. The number of hydrogen-bond acceptors (Lipinski definition) is 6. The second-order valence-corrected chi connectivity index (χ2v) is 9.13. The summed E-state index contributed by atoms with van der Waals surface area (Å²) in [5.74, 6) is -0.855. The Hall–Kier alpha value is -2.87. The van der Waals surface area contributed by atoms with E-state index in [1.807, 2.05) is 13.8 Å². The van der Waals surface area contributed by atoms with Crippen LogP contribution in [0.5, 0.6) is 5.75 Å². The number of hydrogen-bond donors (Lipinski definition) is 1. The van der Waals surface area contributed by atoms with Gasteiger partial charge in [-0.25, -0.2) is 0 Å². The predicted molar refractivity (Wildman–Crippen MR) is 130 cm³/mol. The van der Waals surface area contributed by atoms with Crippen LogP contribution in [0.25, 0.3) is 5.76 Å². The average molecular weight is 485 g/mol. The van der Waals surface area contributed by atoms with Gasteiger partial charge in [-0.2, -0.15) is 0 Å². The van der Waals surface area contributed by atoms with E-state index in [0.29, 0.717) is 48.2 Å². The molecule has 0 spiro atoms. The lowest BCUT2D eigenvalue weighted by Gasteiger charge is -2.31. The van der Waals surface area contributed by atoms with Crippen molar-refractivity contribution in [3.8, 4) is 5.75 Å². The quantitative estimate of drug-likeness (QED) is 0.365. The van der Waals surface area contributed by atoms with Crippen LogP contribution >= 0.6 is 11.6 Å². The maximum Gasteiger partial charge on any atom is 0.295 e. The number of halogens is 1. The van der Waals surface area contributed by atoms with E-state index < -0.39 is 17.7 Å². The Labute approximate surface area is 204 Å². The molecule has 2 aromatic carbocycles. The number of morpholine rings is 1. The van der Waals surface area contributed by atoms with Crippen molar-refractivity contribution in [2.75, 3.05) is 39.4 Å². The summed E-state index contributed by atoms with van der Waals surface area (Å²) in [7, 11) is 0. The minimum Gasteiger partial charge on any atom is -0.507 e. The number of ether oxygens (including phenoxy) is 2. The van der Waals surface area contributed by atoms with Crippen molar-refractivity contribution in [2.24, 2.45) is 0 Å². The molecule has 8 heteroatoms. The van der Waals surface area contributed by atoms with Crippen LogP contribution in [0.15, 0.2) is 54.1 Å². The van der Waals surface area contributed by atoms with Crippen LogP contribution in [0, 0.1) is 0 Å². The minimum atomic E-state index is -0.704. The molecule has 4 rings (SSSR count). The predicted octanol–water partition coefficient (Wildman–Crippen LogP) is 3.88. The number of carbonyl (C=O) groups is 2. The van der Waals surface area contributed by atoms with Crippen LogP contribution in [-0.2, 0) is 14.3 Å². The van der Waals surface area contributed by atoms with Gasteiger partial charge in [0.2, 0.25) is 0 Å². The van der Waals surface area contributed by atoms with E-state index in [1.54, 1.807) is 53.4 Å². The fourth-order valence-corrected chi connectivity index (χ4v) is 4.42. The molecule has 0 radical (unpaired) electrons. The molecule has 0 aliphatic carbocycles. The van der Waals surface area contributed by atoms with Crippen molar-refractivity contribution < 1.29 is 24.2 Å². The van der Waals surface area contributed by atoms with Gasteiger partial charge in [-0.15, -0.1) is 0 Å². The Bertz CT molecular complexity index is 1060. The highest BCUT2D eigenvalue weighted by molar-refractivity contribution is 6.46. The van der Waals surface area contributed by atoms with E-state index in [1.165, 1.54) is 0 Å². The molecule has 1 amide bonds. The molecule has 2 aliphatic rings. The van der Waals surface area contributed by atoms with Crippen LogP contribution in [-0.4, -0.2) is 72.1 Å². The monoisotopic (exact) mass is 484 g/mol. The zero-order valence-electron chi connectivity index (χ0n) is 19.4. The standard InChI is InChI=1S/C26H29ClN2O5/c1-17(2)34-21-9-5-19(6-10-21)24(30)22-23(18-3-7-20(27)8-4-18)29(26(32)25(22)31)12-11-28-13-15-33-16-14-28/h3-10,17,23,30H,11-16H2,1-2H3/b24-22-. The summed E-state index contributed by atoms with van der Waals surface area (Å²) < 4.78 is 11.1. The lowest BCUT2D eigenvalue weighted by molar-refractivity contribution is -0.140. The van der Waals surface area contributed by atoms with Crippen molar-refractivity contribution in [1.82, 2.24) is 9.80 Å². The Kier molecular flexibility index (Phi) is 7.56. The number of likely N-dealkylation sites (tertiary alicyclic amines) is 1. The summed E-state index contributed by atoms with van der Waals surface area (Å²) in [5.41, 5.74) is 1.24. The number of Topliss-reactive ketones (excluding diaryl/α,β-unsaturated/α-hetero) is 1. The van der Waals surface area contributed by atoms with E-state index in [2.05, 4.69) is 4.90 Å². The van der Waals surface area contributed by atoms with Gasteiger partial charge in [-0.1, -0.05) is 23.7 Å². The highest BCUT2D eigenvalue weighted by atomic mass is 35.5. The lowest BCUT2D eigenvalue weighted by Crippen LogP contribution is -2.42. The zero-order chi connectivity index (χ0) is 24.2. The van der Waals surface area contributed by atoms with Crippen molar-refractivity contribution in [3.05, 3.63) is 70.3 Å². The van der Waals surface area contributed by atoms with Gasteiger partial charge in [0.05, 0.1) is 30.9 Å². The lowest BCUT2D eigenvalue weighted by atomic mass is 9.95. The average Bonchev–Trinajstić information content (AvgIpc) is 3.08. The molecular weight excluding hydrogens is 456 g/mol. The first-order valence-corrected chi connectivity index (χ1v) is 11.8. The van der Waals surface area contributed by atoms with Crippen LogP contribution in [0.1, 0.15) is 31.0 Å². The maximum absolute atomic E-state index is 13.2. The topological polar surface area (TPSA) is 79.3 Å². The smallest absolute Gasteiger partial charge is 0.295 e. The SMILES string of the molecule is CC(C)Oc1ccc(/C(O)=C2/C(=O)C(=O)N(CCN3CCOCC3)C2c2ccc(Cl)cc2)cc1. The maximum atomic E-state index is 13.2. The van der Waals surface area contributed by atoms with E-state index >= 15 is 0 Å². The summed E-state index contributed by atoms with van der Waals surface area (Å²) in [6, 6.07) is 13.2. The zero-order valence-corrected chi connectivity index (χ0v) is 20.1. The molecule has 2 aromatic rings. The summed E-state index contributed by atoms with van der Waals surface area (Å²) >= 11 is 6.08. The van der Waals surface area contributed by atoms with Crippen LogP contribution in [0.2, 0.25) is 5.02 Å². The summed E-state index contributed by atoms with van der Waals surface area (Å²) in [6.07, 6.45) is 0.0149. The first-order valence-electron chi connectivity index (χ1n) is 11.5. The first-order chi connectivity index (χ1) is 16.3. The van der Waals surface area contributed by atoms with E-state index in [4.69, 9.17) is 21.1 Å². The highest BCUT2D eigenvalue weighted by Gasteiger charge is 2.46. The molecule has 180 valence electrons. The molecule has 0 aromatic heterocycles. The number of ketones is 1. The van der Waals surface area contributed by atoms with Gasteiger partial charge < -0.3 is 19.5 Å². The molecule has 0 bridgehead atoms. The Balaban J connectivity index is 1.69. The number of amides is 1. The van der Waals surface area contributed by atoms with Gasteiger partial charge in [-0.05, 0) is 55.8 Å². The minimum absolute atomic E-state index is 0.0149. The van der Waals surface area contributed by atoms with Gasteiger partial charge in [-0.3, -0.25) is 14.5 Å². The molecule has 1 unspecified atom stereocenters. The van der Waals surface area contributed by atoms with Gasteiger partial charge in [0.15, 0.2) is 0 Å². The summed E-state index contributed by atoms with van der Waals surface area (Å²) in [5, 5.41) is 11.7. The molecule has 2 aliphatic heterocycles. The number of carbonyl (C=O) groups excluding carboxylic acids is 2. The van der Waals surface area contributed by atoms with Gasteiger partial charge in [0, 0.05) is 36.8 Å². The van der Waals surface area contributed by atoms with Crippen molar-refractivity contribution in [2.45, 2.75) is 26.0 Å². The highest BCUT2D eigenvalue weighted by Crippen LogP contribution is 2.39. The molecule has 34 heavy (non-hydrogen) atoms. The molecule has 7 nitrogen and oxygen atoms in total. The fourth-order valence-electron chi connectivity index (χ4n) is 4.30. The van der Waals surface area contributed by atoms with Gasteiger partial charge in [0.25, 0.3) is 11.7 Å². The number of rotatable bonds is 7. The molecule has 2 saturated heterocycles. The number of aliphatic hydroxyl groups is 1. The van der Waals surface area contributed by atoms with Gasteiger partial charge in [0.1, 0.15) is 11.5 Å². The second-order valence-electron chi connectivity index (χ2n) is 8.69. The van der Waals surface area contributed by atoms with Crippen LogP contribution in [0.4, 0.5) is 0 Å². The third kappa shape index (κ3) is 5.27. The molecule has 2 fully saturated rings. The van der Waals surface area contributed by atoms with Crippen molar-refractivity contribution in [3.63, 3.8) is 0 Å². The number of aliphatic hydroxyl groups excluding tert-OH is 1. The summed E-state index contributed by atoms with van der Waals surface area (Å²) in [4.78, 5) is 30.0. The normalized spacial score (nSPS) is 20.8. The molecule has 1 N–H and O–H groups in total. The van der Waals surface area contributed by atoms with Crippen LogP contribution in [0.3, 0.4) is 0 Å². The number of nitrogens with zero attached hydrogens (tertiary/aromatic N) is 2. The summed E-state index contributed by atoms with van der Waals surface area (Å²) in [6.45, 7) is 7.68. The third-order valence-corrected chi connectivity index (χ3v) is 6.24.